The first-order valence-corrected chi connectivity index (χ1v) is 14.2. The number of nitrogens with zero attached hydrogens (tertiary/aromatic N) is 2. The minimum atomic E-state index is -4.82. The van der Waals surface area contributed by atoms with Crippen LogP contribution in [0.15, 0.2) is 58.4 Å². The predicted molar refractivity (Wildman–Crippen MR) is 138 cm³/mol. The molecule has 0 amide bonds. The molecule has 1 aromatic heterocycles. The fourth-order valence-corrected chi connectivity index (χ4v) is 7.24. The molecule has 3 aromatic rings. The Hall–Kier alpha value is -2.64. The lowest BCUT2D eigenvalue weighted by molar-refractivity contribution is -0.140. The van der Waals surface area contributed by atoms with Crippen molar-refractivity contribution in [1.82, 2.24) is 4.98 Å². The number of thioether (sulfide) groups is 2. The van der Waals surface area contributed by atoms with Crippen molar-refractivity contribution in [2.45, 2.75) is 22.7 Å². The SMILES string of the molecule is CN(c1cccc2cc(C3=NCC(CCSCC(=O)O)S3)[nH]c12)S(=O)(=O)c1ccccc1C(F)(F)F. The van der Waals surface area contributed by atoms with Crippen molar-refractivity contribution in [3.63, 3.8) is 0 Å². The first kappa shape index (κ1) is 26.4. The topological polar surface area (TPSA) is 103 Å². The molecule has 2 N–H and O–H groups in total. The number of aromatic amines is 1. The summed E-state index contributed by atoms with van der Waals surface area (Å²) < 4.78 is 67.9. The molecule has 13 heteroatoms. The number of halogens is 3. The van der Waals surface area contributed by atoms with Gasteiger partial charge >= 0.3 is 12.1 Å². The summed E-state index contributed by atoms with van der Waals surface area (Å²) in [6.45, 7) is 0.582. The highest BCUT2D eigenvalue weighted by Gasteiger charge is 2.38. The Morgan fingerprint density at radius 3 is 2.72 bits per heavy atom. The number of sulfonamides is 1. The molecule has 0 fully saturated rings. The third-order valence-corrected chi connectivity index (χ3v) is 9.66. The Balaban J connectivity index is 1.58. The number of carboxylic acids is 1. The summed E-state index contributed by atoms with van der Waals surface area (Å²) in [7, 11) is -3.29. The molecule has 0 spiro atoms. The number of aliphatic carboxylic acids is 1. The summed E-state index contributed by atoms with van der Waals surface area (Å²) in [6.07, 6.45) is -4.03. The number of hydrogen-bond acceptors (Lipinski definition) is 6. The number of anilines is 1. The first-order chi connectivity index (χ1) is 17.0. The van der Waals surface area contributed by atoms with Crippen molar-refractivity contribution in [3.05, 3.63) is 59.8 Å². The van der Waals surface area contributed by atoms with Crippen LogP contribution in [0.2, 0.25) is 0 Å². The lowest BCUT2D eigenvalue weighted by Crippen LogP contribution is -2.29. The number of carboxylic acid groups (broad SMARTS) is 1. The molecule has 7 nitrogen and oxygen atoms in total. The third kappa shape index (κ3) is 5.52. The quantitative estimate of drug-likeness (QED) is 0.356. The van der Waals surface area contributed by atoms with Crippen LogP contribution in [0.25, 0.3) is 10.9 Å². The third-order valence-electron chi connectivity index (χ3n) is 5.56. The number of fused-ring (bicyclic) bond motifs is 1. The van der Waals surface area contributed by atoms with E-state index in [4.69, 9.17) is 5.11 Å². The Kier molecular flexibility index (Phi) is 7.62. The van der Waals surface area contributed by atoms with Gasteiger partial charge in [-0.3, -0.25) is 14.1 Å². The molecule has 0 radical (unpaired) electrons. The van der Waals surface area contributed by atoms with Gasteiger partial charge < -0.3 is 10.1 Å². The zero-order chi connectivity index (χ0) is 26.1. The van der Waals surface area contributed by atoms with Gasteiger partial charge in [0, 0.05) is 17.7 Å². The van der Waals surface area contributed by atoms with Gasteiger partial charge in [-0.25, -0.2) is 8.42 Å². The van der Waals surface area contributed by atoms with Crippen LogP contribution >= 0.6 is 23.5 Å². The number of aromatic nitrogens is 1. The molecular weight excluding hydrogens is 535 g/mol. The van der Waals surface area contributed by atoms with Crippen molar-refractivity contribution in [2.75, 3.05) is 29.4 Å². The summed E-state index contributed by atoms with van der Waals surface area (Å²) >= 11 is 2.91. The fraction of sp³-hybridized carbons (Fsp3) is 0.304. The highest BCUT2D eigenvalue weighted by atomic mass is 32.2. The number of alkyl halides is 3. The van der Waals surface area contributed by atoms with Crippen LogP contribution in [0.1, 0.15) is 17.7 Å². The number of H-pyrrole nitrogens is 1. The molecule has 1 aliphatic rings. The van der Waals surface area contributed by atoms with Crippen LogP contribution in [0, 0.1) is 0 Å². The summed E-state index contributed by atoms with van der Waals surface area (Å²) in [5.74, 6) is -0.0930. The lowest BCUT2D eigenvalue weighted by Gasteiger charge is -2.22. The zero-order valence-corrected chi connectivity index (χ0v) is 21.4. The second kappa shape index (κ2) is 10.4. The number of nitrogens with one attached hydrogen (secondary N) is 1. The van der Waals surface area contributed by atoms with Gasteiger partial charge in [-0.05, 0) is 36.4 Å². The van der Waals surface area contributed by atoms with Gasteiger partial charge in [-0.1, -0.05) is 36.0 Å². The van der Waals surface area contributed by atoms with E-state index >= 15 is 0 Å². The largest absolute Gasteiger partial charge is 0.481 e. The molecule has 2 heterocycles. The van der Waals surface area contributed by atoms with Crippen LogP contribution in [0.4, 0.5) is 18.9 Å². The van der Waals surface area contributed by atoms with Crippen molar-refractivity contribution < 1.29 is 31.5 Å². The summed E-state index contributed by atoms with van der Waals surface area (Å²) in [6, 6.07) is 10.9. The maximum atomic E-state index is 13.5. The van der Waals surface area contributed by atoms with Gasteiger partial charge in [-0.15, -0.1) is 0 Å². The van der Waals surface area contributed by atoms with Gasteiger partial charge in [0.1, 0.15) is 5.04 Å². The van der Waals surface area contributed by atoms with Crippen molar-refractivity contribution >= 4 is 61.2 Å². The number of hydrogen-bond donors (Lipinski definition) is 2. The van der Waals surface area contributed by atoms with Crippen LogP contribution < -0.4 is 4.31 Å². The van der Waals surface area contributed by atoms with Crippen LogP contribution in [-0.2, 0) is 21.0 Å². The molecule has 0 saturated heterocycles. The molecule has 1 atom stereocenters. The normalized spacial score (nSPS) is 16.3. The van der Waals surface area contributed by atoms with E-state index in [2.05, 4.69) is 9.98 Å². The van der Waals surface area contributed by atoms with Crippen molar-refractivity contribution in [2.24, 2.45) is 4.99 Å². The Bertz CT molecular complexity index is 1420. The van der Waals surface area contributed by atoms with Gasteiger partial charge in [-0.2, -0.15) is 24.9 Å². The predicted octanol–water partition coefficient (Wildman–Crippen LogP) is 5.08. The van der Waals surface area contributed by atoms with E-state index in [0.717, 1.165) is 34.0 Å². The molecular formula is C23H22F3N3O4S3. The number of benzene rings is 2. The Morgan fingerprint density at radius 2 is 2.00 bits per heavy atom. The molecule has 0 bridgehead atoms. The number of para-hydroxylation sites is 1. The smallest absolute Gasteiger partial charge is 0.417 e. The van der Waals surface area contributed by atoms with Gasteiger partial charge in [0.2, 0.25) is 0 Å². The second-order valence-corrected chi connectivity index (χ2v) is 12.3. The summed E-state index contributed by atoms with van der Waals surface area (Å²) in [5, 5.41) is 10.4. The van der Waals surface area contributed by atoms with Gasteiger partial charge in [0.25, 0.3) is 10.0 Å². The molecule has 2 aromatic carbocycles. The molecule has 192 valence electrons. The standard InChI is InChI=1S/C23H22F3N3O4S3/c1-29(36(32,33)19-8-3-2-6-16(19)23(24,25)26)18-7-4-5-14-11-17(28-21(14)18)22-27-12-15(35-22)9-10-34-13-20(30)31/h2-8,11,15,28H,9-10,12-13H2,1H3,(H,30,31). The first-order valence-electron chi connectivity index (χ1n) is 10.8. The molecule has 0 aliphatic carbocycles. The van der Waals surface area contributed by atoms with E-state index in [1.54, 1.807) is 23.9 Å². The molecule has 1 aliphatic heterocycles. The highest BCUT2D eigenvalue weighted by Crippen LogP contribution is 2.38. The van der Waals surface area contributed by atoms with E-state index < -0.39 is 32.6 Å². The van der Waals surface area contributed by atoms with Gasteiger partial charge in [0.05, 0.1) is 39.7 Å². The summed E-state index contributed by atoms with van der Waals surface area (Å²) in [5.41, 5.74) is 0.137. The zero-order valence-electron chi connectivity index (χ0n) is 18.9. The van der Waals surface area contributed by atoms with E-state index in [9.17, 15) is 26.4 Å². The van der Waals surface area contributed by atoms with Crippen LogP contribution in [0.3, 0.4) is 0 Å². The van der Waals surface area contributed by atoms with E-state index in [0.29, 0.717) is 28.9 Å². The van der Waals surface area contributed by atoms with Gasteiger partial charge in [0.15, 0.2) is 0 Å². The van der Waals surface area contributed by atoms with E-state index in [1.807, 2.05) is 6.07 Å². The molecule has 4 rings (SSSR count). The van der Waals surface area contributed by atoms with Crippen LogP contribution in [-0.4, -0.2) is 59.9 Å². The second-order valence-electron chi connectivity index (χ2n) is 8.01. The average molecular weight is 558 g/mol. The van der Waals surface area contributed by atoms with Crippen LogP contribution in [0.5, 0.6) is 0 Å². The number of rotatable bonds is 9. The molecule has 36 heavy (non-hydrogen) atoms. The maximum absolute atomic E-state index is 13.5. The fourth-order valence-electron chi connectivity index (χ4n) is 3.81. The number of carbonyl (C=O) groups is 1. The van der Waals surface area contributed by atoms with Crippen molar-refractivity contribution in [1.29, 1.82) is 0 Å². The Labute approximate surface area is 214 Å². The minimum absolute atomic E-state index is 0.0553. The lowest BCUT2D eigenvalue weighted by atomic mass is 10.2. The summed E-state index contributed by atoms with van der Waals surface area (Å²) in [4.78, 5) is 17.6. The van der Waals surface area contributed by atoms with E-state index in [1.165, 1.54) is 30.9 Å². The monoisotopic (exact) mass is 557 g/mol. The Morgan fingerprint density at radius 1 is 1.25 bits per heavy atom. The van der Waals surface area contributed by atoms with E-state index in [-0.39, 0.29) is 16.7 Å². The maximum Gasteiger partial charge on any atom is 0.417 e. The highest BCUT2D eigenvalue weighted by molar-refractivity contribution is 8.15. The van der Waals surface area contributed by atoms with Crippen molar-refractivity contribution in [3.8, 4) is 0 Å². The minimum Gasteiger partial charge on any atom is -0.481 e. The average Bonchev–Trinajstić information content (AvgIpc) is 3.47. The molecule has 0 saturated carbocycles. The molecule has 1 unspecified atom stereocenters. The number of aliphatic imine (C=N–C) groups is 1.